The van der Waals surface area contributed by atoms with Gasteiger partial charge in [0.1, 0.15) is 0 Å². The topological polar surface area (TPSA) is 90.1 Å². The molecule has 0 fully saturated rings. The maximum Gasteiger partial charge on any atom is 0.422 e. The average Bonchev–Trinajstić information content (AvgIpc) is 2.57. The molecule has 0 spiro atoms. The van der Waals surface area contributed by atoms with E-state index in [1.807, 2.05) is 20.8 Å². The van der Waals surface area contributed by atoms with Gasteiger partial charge in [0.05, 0.1) is 12.2 Å². The van der Waals surface area contributed by atoms with Crippen LogP contribution in [-0.4, -0.2) is 34.2 Å². The standard InChI is InChI=1S/C14H12F3N3O2.C4H11N/c15-14(16,17)9-22-12-3-1-2-11(20-12)8-19-13(21)10-4-6-18-7-5-10;1-4(2,3)5/h1-7H,8-9H2,(H,19,21);5H2,1-3H3. The highest BCUT2D eigenvalue weighted by molar-refractivity contribution is 5.93. The SMILES string of the molecule is CC(C)(C)N.O=C(NCc1cccc(OCC(F)(F)F)n1)c1ccncc1. The third-order valence-electron chi connectivity index (χ3n) is 2.54. The van der Waals surface area contributed by atoms with Crippen LogP contribution in [0.15, 0.2) is 42.7 Å². The molecule has 2 heterocycles. The second-order valence-corrected chi connectivity index (χ2v) is 6.66. The van der Waals surface area contributed by atoms with Crippen LogP contribution in [0.25, 0.3) is 0 Å². The number of hydrogen-bond donors (Lipinski definition) is 2. The Morgan fingerprint density at radius 3 is 2.30 bits per heavy atom. The lowest BCUT2D eigenvalue weighted by Gasteiger charge is -2.09. The smallest absolute Gasteiger partial charge is 0.422 e. The van der Waals surface area contributed by atoms with E-state index in [1.54, 1.807) is 18.2 Å². The number of rotatable bonds is 5. The third-order valence-corrected chi connectivity index (χ3v) is 2.54. The Labute approximate surface area is 156 Å². The Morgan fingerprint density at radius 1 is 1.15 bits per heavy atom. The molecule has 3 N–H and O–H groups in total. The molecule has 9 heteroatoms. The quantitative estimate of drug-likeness (QED) is 0.827. The minimum atomic E-state index is -4.42. The number of carbonyl (C=O) groups excluding carboxylic acids is 1. The van der Waals surface area contributed by atoms with E-state index >= 15 is 0 Å². The Kier molecular flexibility index (Phi) is 8.17. The maximum atomic E-state index is 12.1. The molecule has 6 nitrogen and oxygen atoms in total. The Bertz CT molecular complexity index is 711. The van der Waals surface area contributed by atoms with Gasteiger partial charge in [0.25, 0.3) is 5.91 Å². The van der Waals surface area contributed by atoms with Gasteiger partial charge in [-0.3, -0.25) is 9.78 Å². The van der Waals surface area contributed by atoms with E-state index in [0.29, 0.717) is 11.3 Å². The molecular formula is C18H23F3N4O2. The summed E-state index contributed by atoms with van der Waals surface area (Å²) in [5.41, 5.74) is 6.18. The summed E-state index contributed by atoms with van der Waals surface area (Å²) < 4.78 is 40.8. The second-order valence-electron chi connectivity index (χ2n) is 6.66. The van der Waals surface area contributed by atoms with Crippen molar-refractivity contribution < 1.29 is 22.7 Å². The van der Waals surface area contributed by atoms with Crippen LogP contribution < -0.4 is 15.8 Å². The number of nitrogens with zero attached hydrogens (tertiary/aromatic N) is 2. The zero-order chi connectivity index (χ0) is 20.5. The molecule has 2 rings (SSSR count). The minimum absolute atomic E-state index is 0. The zero-order valence-electron chi connectivity index (χ0n) is 15.4. The third kappa shape index (κ3) is 11.5. The van der Waals surface area contributed by atoms with Crippen LogP contribution in [0.4, 0.5) is 13.2 Å². The second kappa shape index (κ2) is 9.86. The van der Waals surface area contributed by atoms with E-state index in [4.69, 9.17) is 5.73 Å². The lowest BCUT2D eigenvalue weighted by molar-refractivity contribution is -0.154. The maximum absolute atomic E-state index is 12.1. The molecule has 0 saturated carbocycles. The van der Waals surface area contributed by atoms with Crippen LogP contribution >= 0.6 is 0 Å². The first-order chi connectivity index (χ1) is 12.4. The zero-order valence-corrected chi connectivity index (χ0v) is 15.4. The lowest BCUT2D eigenvalue weighted by Crippen LogP contribution is -2.26. The first-order valence-electron chi connectivity index (χ1n) is 8.06. The van der Waals surface area contributed by atoms with Crippen LogP contribution in [0.5, 0.6) is 5.88 Å². The van der Waals surface area contributed by atoms with Crippen molar-refractivity contribution >= 4 is 5.91 Å². The predicted octanol–water partition coefficient (Wildman–Crippen LogP) is 3.09. The molecule has 0 aromatic carbocycles. The molecule has 0 bridgehead atoms. The van der Waals surface area contributed by atoms with Gasteiger partial charge in [-0.05, 0) is 39.0 Å². The highest BCUT2D eigenvalue weighted by atomic mass is 19.4. The van der Waals surface area contributed by atoms with Crippen LogP contribution in [0.3, 0.4) is 0 Å². The molecule has 0 aliphatic carbocycles. The van der Waals surface area contributed by atoms with Crippen molar-refractivity contribution in [1.82, 2.24) is 15.3 Å². The van der Waals surface area contributed by atoms with E-state index in [1.165, 1.54) is 24.5 Å². The molecule has 148 valence electrons. The average molecular weight is 384 g/mol. The van der Waals surface area contributed by atoms with Gasteiger partial charge >= 0.3 is 6.18 Å². The normalized spacial score (nSPS) is 11.2. The van der Waals surface area contributed by atoms with Crippen LogP contribution in [0.1, 0.15) is 36.8 Å². The summed E-state index contributed by atoms with van der Waals surface area (Å²) in [6, 6.07) is 7.50. The van der Waals surface area contributed by atoms with Crippen molar-refractivity contribution in [2.24, 2.45) is 5.73 Å². The van der Waals surface area contributed by atoms with Gasteiger partial charge in [0.15, 0.2) is 6.61 Å². The molecule has 1 amide bonds. The van der Waals surface area contributed by atoms with Crippen LogP contribution in [0, 0.1) is 0 Å². The number of nitrogens with two attached hydrogens (primary N) is 1. The van der Waals surface area contributed by atoms with Crippen LogP contribution in [0.2, 0.25) is 0 Å². The molecule has 0 radical (unpaired) electrons. The minimum Gasteiger partial charge on any atom is -0.468 e. The summed E-state index contributed by atoms with van der Waals surface area (Å²) in [6.45, 7) is 4.56. The van der Waals surface area contributed by atoms with Gasteiger partial charge < -0.3 is 15.8 Å². The van der Waals surface area contributed by atoms with Crippen molar-refractivity contribution in [3.63, 3.8) is 0 Å². The number of ether oxygens (including phenoxy) is 1. The fraction of sp³-hybridized carbons (Fsp3) is 0.389. The van der Waals surface area contributed by atoms with E-state index in [9.17, 15) is 18.0 Å². The van der Waals surface area contributed by atoms with Crippen molar-refractivity contribution in [2.75, 3.05) is 6.61 Å². The van der Waals surface area contributed by atoms with Gasteiger partial charge in [-0.15, -0.1) is 0 Å². The number of carbonyl (C=O) groups is 1. The largest absolute Gasteiger partial charge is 0.468 e. The molecule has 0 saturated heterocycles. The molecule has 0 aliphatic heterocycles. The van der Waals surface area contributed by atoms with Gasteiger partial charge in [-0.25, -0.2) is 4.98 Å². The molecule has 0 aliphatic rings. The van der Waals surface area contributed by atoms with E-state index in [0.717, 1.165) is 0 Å². The molecule has 0 unspecified atom stereocenters. The fourth-order valence-electron chi connectivity index (χ4n) is 1.57. The highest BCUT2D eigenvalue weighted by Crippen LogP contribution is 2.17. The van der Waals surface area contributed by atoms with Gasteiger partial charge in [0, 0.05) is 29.6 Å². The first-order valence-corrected chi connectivity index (χ1v) is 8.06. The fourth-order valence-corrected chi connectivity index (χ4v) is 1.57. The summed E-state index contributed by atoms with van der Waals surface area (Å²) >= 11 is 0. The molecule has 0 atom stereocenters. The Balaban J connectivity index is 0.000000646. The number of halogens is 3. The molecular weight excluding hydrogens is 361 g/mol. The first kappa shape index (κ1) is 22.4. The number of hydrogen-bond acceptors (Lipinski definition) is 5. The number of amides is 1. The summed E-state index contributed by atoms with van der Waals surface area (Å²) in [7, 11) is 0. The summed E-state index contributed by atoms with van der Waals surface area (Å²) in [5, 5.41) is 2.61. The van der Waals surface area contributed by atoms with Gasteiger partial charge in [-0.2, -0.15) is 13.2 Å². The Hall–Kier alpha value is -2.68. The summed E-state index contributed by atoms with van der Waals surface area (Å²) in [6.07, 6.45) is -1.45. The summed E-state index contributed by atoms with van der Waals surface area (Å²) in [5.74, 6) is -0.473. The Morgan fingerprint density at radius 2 is 1.74 bits per heavy atom. The summed E-state index contributed by atoms with van der Waals surface area (Å²) in [4.78, 5) is 19.5. The predicted molar refractivity (Wildman–Crippen MR) is 95.1 cm³/mol. The lowest BCUT2D eigenvalue weighted by atomic mass is 10.1. The van der Waals surface area contributed by atoms with E-state index in [-0.39, 0.29) is 23.9 Å². The van der Waals surface area contributed by atoms with Crippen LogP contribution in [-0.2, 0) is 6.54 Å². The van der Waals surface area contributed by atoms with E-state index < -0.39 is 12.8 Å². The van der Waals surface area contributed by atoms with E-state index in [2.05, 4.69) is 20.0 Å². The number of aromatic nitrogens is 2. The number of alkyl halides is 3. The van der Waals surface area contributed by atoms with Crippen molar-refractivity contribution in [1.29, 1.82) is 0 Å². The molecule has 27 heavy (non-hydrogen) atoms. The molecule has 2 aromatic rings. The number of pyridine rings is 2. The molecule has 2 aromatic heterocycles. The van der Waals surface area contributed by atoms with Crippen molar-refractivity contribution in [3.05, 3.63) is 54.0 Å². The van der Waals surface area contributed by atoms with Gasteiger partial charge in [0.2, 0.25) is 5.88 Å². The van der Waals surface area contributed by atoms with Crippen molar-refractivity contribution in [2.45, 2.75) is 39.0 Å². The van der Waals surface area contributed by atoms with Gasteiger partial charge in [-0.1, -0.05) is 6.07 Å². The number of nitrogens with one attached hydrogen (secondary N) is 1. The highest BCUT2D eigenvalue weighted by Gasteiger charge is 2.28. The monoisotopic (exact) mass is 384 g/mol. The van der Waals surface area contributed by atoms with Crippen molar-refractivity contribution in [3.8, 4) is 5.88 Å².